The first-order valence-corrected chi connectivity index (χ1v) is 18.6. The van der Waals surface area contributed by atoms with Gasteiger partial charge in [-0.3, -0.25) is 6.08 Å². The maximum absolute atomic E-state index is 3.67. The molecule has 0 fully saturated rings. The van der Waals surface area contributed by atoms with E-state index in [1.165, 1.54) is 58.9 Å². The van der Waals surface area contributed by atoms with E-state index in [9.17, 15) is 0 Å². The van der Waals surface area contributed by atoms with E-state index in [0.29, 0.717) is 11.8 Å². The Morgan fingerprint density at radius 3 is 1.58 bits per heavy atom. The molecule has 2 aliphatic rings. The van der Waals surface area contributed by atoms with Crippen LogP contribution in [0.15, 0.2) is 97.1 Å². The minimum atomic E-state index is 0. The third-order valence-corrected chi connectivity index (χ3v) is 10.9. The summed E-state index contributed by atoms with van der Waals surface area (Å²) in [6.45, 7) is 22.6. The van der Waals surface area contributed by atoms with E-state index in [-0.39, 0.29) is 35.6 Å². The molecule has 252 valence electrons. The molecule has 0 amide bonds. The molecule has 2 aliphatic carbocycles. The standard InChI is InChI=1S/C21H25.C19H22.C5H5.2ClH.Hf/c1-20(2,3)16-7-9-18-14(12-16)11-15-13-17(21(4,5)6)8-10-19(15)18;1-14(2)18-9-5-16(6-10-18)13-17-7-11-19(12-8-17)15(3)4;1-2-4-5-3-1;;;/h7-10,12H,11H2,1-6H3;5-12,14-15H,1-4H3;1-3H,4H2;2*1H;/q-1;;-1;;;+2. The summed E-state index contributed by atoms with van der Waals surface area (Å²) in [7, 11) is 0. The fourth-order valence-electron chi connectivity index (χ4n) is 5.60. The number of hydrogen-bond acceptors (Lipinski definition) is 0. The van der Waals surface area contributed by atoms with Gasteiger partial charge < -0.3 is 0 Å². The van der Waals surface area contributed by atoms with E-state index in [2.05, 4.69) is 166 Å². The Kier molecular flexibility index (Phi) is 15.8. The normalized spacial score (nSPS) is 12.6. The molecule has 0 aliphatic heterocycles. The second kappa shape index (κ2) is 18.1. The van der Waals surface area contributed by atoms with Gasteiger partial charge in [-0.25, -0.2) is 12.2 Å². The zero-order chi connectivity index (χ0) is 33.6. The van der Waals surface area contributed by atoms with E-state index < -0.39 is 0 Å². The van der Waals surface area contributed by atoms with E-state index in [4.69, 9.17) is 0 Å². The van der Waals surface area contributed by atoms with E-state index in [1.54, 1.807) is 0 Å². The molecule has 0 heterocycles. The van der Waals surface area contributed by atoms with Crippen molar-refractivity contribution >= 4 is 28.1 Å². The molecule has 0 aromatic heterocycles. The molecule has 6 rings (SSSR count). The SMILES string of the molecule is CC(C)(C)c1[c-]c2c(cc1)-c1ccc(C(C)(C)C)cc1C2.CC(C)c1ccc([C](=[Hf+2])c2ccc(C(C)C)cc2)cc1.Cl.Cl.[C-]1=CC=CC1. The molecule has 0 unspecified atom stereocenters. The monoisotopic (exact) mass is 844 g/mol. The van der Waals surface area contributed by atoms with Crippen LogP contribution in [0.3, 0.4) is 0 Å². The molecule has 0 saturated heterocycles. The van der Waals surface area contributed by atoms with Crippen LogP contribution >= 0.6 is 24.8 Å². The van der Waals surface area contributed by atoms with Crippen LogP contribution in [-0.2, 0) is 41.1 Å². The number of fused-ring (bicyclic) bond motifs is 3. The molecule has 48 heavy (non-hydrogen) atoms. The van der Waals surface area contributed by atoms with Gasteiger partial charge in [0.05, 0.1) is 0 Å². The zero-order valence-corrected chi connectivity index (χ0v) is 35.8. The van der Waals surface area contributed by atoms with Gasteiger partial charge in [-0.15, -0.1) is 42.4 Å². The Balaban J connectivity index is 0.000000281. The van der Waals surface area contributed by atoms with E-state index in [1.807, 2.05) is 12.2 Å². The van der Waals surface area contributed by atoms with Crippen LogP contribution in [-0.4, -0.2) is 3.26 Å². The van der Waals surface area contributed by atoms with Gasteiger partial charge in [-0.05, 0) is 28.4 Å². The van der Waals surface area contributed by atoms with Crippen LogP contribution in [0.4, 0.5) is 0 Å². The van der Waals surface area contributed by atoms with Crippen LogP contribution in [0.1, 0.15) is 132 Å². The summed E-state index contributed by atoms with van der Waals surface area (Å²) in [4.78, 5) is 0. The Hall–Kier alpha value is -2.32. The Morgan fingerprint density at radius 1 is 0.667 bits per heavy atom. The molecular weight excluding hydrogens is 790 g/mol. The van der Waals surface area contributed by atoms with Crippen LogP contribution in [0, 0.1) is 12.1 Å². The van der Waals surface area contributed by atoms with Crippen molar-refractivity contribution in [3.63, 3.8) is 0 Å². The first-order valence-electron chi connectivity index (χ1n) is 16.9. The van der Waals surface area contributed by atoms with Crippen LogP contribution in [0.2, 0.25) is 0 Å². The Bertz CT molecular complexity index is 1570. The summed E-state index contributed by atoms with van der Waals surface area (Å²) in [5.41, 5.74) is 14.3. The summed E-state index contributed by atoms with van der Waals surface area (Å²) in [6, 6.07) is 33.3. The molecule has 0 atom stereocenters. The number of hydrogen-bond donors (Lipinski definition) is 0. The van der Waals surface area contributed by atoms with Crippen molar-refractivity contribution in [1.29, 1.82) is 0 Å². The first-order chi connectivity index (χ1) is 21.6. The Morgan fingerprint density at radius 2 is 1.19 bits per heavy atom. The third kappa shape index (κ3) is 11.1. The first kappa shape index (κ1) is 41.8. The van der Waals surface area contributed by atoms with Gasteiger partial charge in [0.1, 0.15) is 0 Å². The molecular formula is C45H54Cl2Hf. The van der Waals surface area contributed by atoms with Crippen molar-refractivity contribution in [3.8, 4) is 11.1 Å². The van der Waals surface area contributed by atoms with Crippen LogP contribution in [0.5, 0.6) is 0 Å². The van der Waals surface area contributed by atoms with Crippen molar-refractivity contribution < 1.29 is 23.9 Å². The second-order valence-electron chi connectivity index (χ2n) is 15.2. The topological polar surface area (TPSA) is 0 Å². The van der Waals surface area contributed by atoms with Crippen molar-refractivity contribution in [1.82, 2.24) is 0 Å². The predicted molar refractivity (Wildman–Crippen MR) is 211 cm³/mol. The summed E-state index contributed by atoms with van der Waals surface area (Å²) in [5, 5.41) is 0. The fraction of sp³-hybridized carbons (Fsp3) is 0.356. The number of halogens is 2. The maximum atomic E-state index is 3.67. The van der Waals surface area contributed by atoms with Gasteiger partial charge in [-0.2, -0.15) is 29.8 Å². The number of benzene rings is 4. The molecule has 0 saturated carbocycles. The Labute approximate surface area is 319 Å². The van der Waals surface area contributed by atoms with E-state index in [0.717, 1.165) is 36.7 Å². The molecule has 3 heteroatoms. The molecule has 0 radical (unpaired) electrons. The summed E-state index contributed by atoms with van der Waals surface area (Å²) >= 11 is 1.07. The zero-order valence-electron chi connectivity index (χ0n) is 30.6. The van der Waals surface area contributed by atoms with Crippen molar-refractivity contribution in [2.24, 2.45) is 0 Å². The van der Waals surface area contributed by atoms with E-state index >= 15 is 0 Å². The van der Waals surface area contributed by atoms with Crippen LogP contribution in [0.25, 0.3) is 11.1 Å². The second-order valence-corrected chi connectivity index (χ2v) is 17.0. The summed E-state index contributed by atoms with van der Waals surface area (Å²) in [6.07, 6.45) is 11.0. The predicted octanol–water partition coefficient (Wildman–Crippen LogP) is 12.9. The quantitative estimate of drug-likeness (QED) is 0.125. The minimum absolute atomic E-state index is 0. The molecule has 4 aromatic rings. The molecule has 0 spiro atoms. The molecule has 0 nitrogen and oxygen atoms in total. The van der Waals surface area contributed by atoms with Gasteiger partial charge in [0, 0.05) is 0 Å². The average Bonchev–Trinajstić information content (AvgIpc) is 3.72. The number of allylic oxidation sites excluding steroid dienone is 4. The largest absolute Gasteiger partial charge is 0.273 e. The fourth-order valence-corrected chi connectivity index (χ4v) is 6.80. The third-order valence-electron chi connectivity index (χ3n) is 8.78. The van der Waals surface area contributed by atoms with Gasteiger partial charge in [-0.1, -0.05) is 65.3 Å². The van der Waals surface area contributed by atoms with Crippen molar-refractivity contribution in [2.45, 2.75) is 105 Å². The summed E-state index contributed by atoms with van der Waals surface area (Å²) in [5.74, 6) is 1.21. The van der Waals surface area contributed by atoms with Crippen molar-refractivity contribution in [3.05, 3.63) is 154 Å². The molecule has 4 aromatic carbocycles. The van der Waals surface area contributed by atoms with Gasteiger partial charge in [0.25, 0.3) is 0 Å². The van der Waals surface area contributed by atoms with Gasteiger partial charge in [0.2, 0.25) is 0 Å². The minimum Gasteiger partial charge on any atom is -0.273 e. The molecule has 0 bridgehead atoms. The number of rotatable bonds is 4. The maximum Gasteiger partial charge on any atom is -0.109 e. The smallest absolute Gasteiger partial charge is 0.109 e. The van der Waals surface area contributed by atoms with Gasteiger partial charge >= 0.3 is 137 Å². The summed E-state index contributed by atoms with van der Waals surface area (Å²) < 4.78 is 1.48. The van der Waals surface area contributed by atoms with Crippen molar-refractivity contribution in [2.75, 3.05) is 0 Å². The average molecular weight is 844 g/mol. The van der Waals surface area contributed by atoms with Gasteiger partial charge in [0.15, 0.2) is 0 Å². The molecule has 0 N–H and O–H groups in total. The van der Waals surface area contributed by atoms with Crippen LogP contribution < -0.4 is 0 Å².